The Bertz CT molecular complexity index is 137. The SMILES string of the molecule is CCC(C)(CC)CCCC(S)(CC)CC. The fraction of sp³-hybridized carbons (Fsp3) is 1.00. The molecular formula is C14H30S. The van der Waals surface area contributed by atoms with Crippen LogP contribution in [0.4, 0.5) is 0 Å². The van der Waals surface area contributed by atoms with Crippen molar-refractivity contribution in [3.8, 4) is 0 Å². The smallest absolute Gasteiger partial charge is 0.0124 e. The maximum atomic E-state index is 4.81. The molecule has 0 radical (unpaired) electrons. The highest BCUT2D eigenvalue weighted by Crippen LogP contribution is 2.35. The summed E-state index contributed by atoms with van der Waals surface area (Å²) in [5, 5.41) is 0. The number of rotatable bonds is 8. The molecule has 0 aliphatic rings. The van der Waals surface area contributed by atoms with Gasteiger partial charge in [0.15, 0.2) is 0 Å². The van der Waals surface area contributed by atoms with Crippen LogP contribution in [-0.4, -0.2) is 4.75 Å². The van der Waals surface area contributed by atoms with Gasteiger partial charge in [-0.25, -0.2) is 0 Å². The molecule has 0 saturated carbocycles. The summed E-state index contributed by atoms with van der Waals surface area (Å²) in [6.07, 6.45) is 8.98. The third-order valence-electron chi connectivity index (χ3n) is 4.45. The zero-order valence-electron chi connectivity index (χ0n) is 11.4. The molecule has 0 spiro atoms. The molecule has 0 aliphatic heterocycles. The molecule has 1 heteroatoms. The molecule has 0 saturated heterocycles. The normalized spacial score (nSPS) is 13.2. The third kappa shape index (κ3) is 5.29. The molecule has 0 amide bonds. The van der Waals surface area contributed by atoms with Crippen LogP contribution in [0.15, 0.2) is 0 Å². The van der Waals surface area contributed by atoms with Crippen molar-refractivity contribution in [3.63, 3.8) is 0 Å². The summed E-state index contributed by atoms with van der Waals surface area (Å²) in [6, 6.07) is 0. The van der Waals surface area contributed by atoms with E-state index < -0.39 is 0 Å². The molecule has 0 aliphatic carbocycles. The van der Waals surface area contributed by atoms with E-state index in [4.69, 9.17) is 12.6 Å². The van der Waals surface area contributed by atoms with Crippen LogP contribution in [0.3, 0.4) is 0 Å². The number of thiol groups is 1. The Kier molecular flexibility index (Phi) is 6.99. The van der Waals surface area contributed by atoms with Crippen LogP contribution < -0.4 is 0 Å². The maximum absolute atomic E-state index is 4.81. The Labute approximate surface area is 103 Å². The van der Waals surface area contributed by atoms with Crippen molar-refractivity contribution in [1.82, 2.24) is 0 Å². The summed E-state index contributed by atoms with van der Waals surface area (Å²) >= 11 is 4.81. The minimum absolute atomic E-state index is 0.294. The standard InChI is InChI=1S/C14H30S/c1-6-13(5,7-2)11-10-12-14(15,8-3)9-4/h15H,6-12H2,1-5H3. The van der Waals surface area contributed by atoms with Gasteiger partial charge in [-0.3, -0.25) is 0 Å². The Morgan fingerprint density at radius 1 is 0.800 bits per heavy atom. The van der Waals surface area contributed by atoms with Crippen molar-refractivity contribution in [3.05, 3.63) is 0 Å². The highest BCUT2D eigenvalue weighted by Gasteiger charge is 2.24. The lowest BCUT2D eigenvalue weighted by Gasteiger charge is -2.30. The second-order valence-electron chi connectivity index (χ2n) is 5.30. The number of hydrogen-bond donors (Lipinski definition) is 1. The van der Waals surface area contributed by atoms with Gasteiger partial charge in [0.25, 0.3) is 0 Å². The lowest BCUT2D eigenvalue weighted by Crippen LogP contribution is -2.21. The van der Waals surface area contributed by atoms with E-state index in [2.05, 4.69) is 34.6 Å². The van der Waals surface area contributed by atoms with Gasteiger partial charge in [0.05, 0.1) is 0 Å². The molecule has 0 rings (SSSR count). The lowest BCUT2D eigenvalue weighted by molar-refractivity contribution is 0.256. The van der Waals surface area contributed by atoms with Crippen LogP contribution in [0.5, 0.6) is 0 Å². The molecule has 92 valence electrons. The predicted octanol–water partition coefficient (Wildman–Crippen LogP) is 5.47. The van der Waals surface area contributed by atoms with Crippen molar-refractivity contribution in [2.45, 2.75) is 84.3 Å². The molecule has 0 aromatic rings. The van der Waals surface area contributed by atoms with Crippen molar-refractivity contribution >= 4 is 12.6 Å². The molecule has 0 N–H and O–H groups in total. The zero-order valence-corrected chi connectivity index (χ0v) is 12.3. The molecule has 0 aromatic carbocycles. The van der Waals surface area contributed by atoms with E-state index in [0.717, 1.165) is 0 Å². The quantitative estimate of drug-likeness (QED) is 0.525. The first-order chi connectivity index (χ1) is 6.95. The highest BCUT2D eigenvalue weighted by atomic mass is 32.1. The average molecular weight is 230 g/mol. The fourth-order valence-electron chi connectivity index (χ4n) is 2.05. The summed E-state index contributed by atoms with van der Waals surface area (Å²) in [7, 11) is 0. The summed E-state index contributed by atoms with van der Waals surface area (Å²) < 4.78 is 0.294. The molecule has 0 unspecified atom stereocenters. The molecule has 0 heterocycles. The molecule has 15 heavy (non-hydrogen) atoms. The molecule has 0 atom stereocenters. The van der Waals surface area contributed by atoms with Crippen LogP contribution in [0.2, 0.25) is 0 Å². The largest absolute Gasteiger partial charge is 0.173 e. The second-order valence-corrected chi connectivity index (χ2v) is 6.25. The Morgan fingerprint density at radius 2 is 1.27 bits per heavy atom. The number of hydrogen-bond acceptors (Lipinski definition) is 1. The third-order valence-corrected chi connectivity index (χ3v) is 5.30. The predicted molar refractivity (Wildman–Crippen MR) is 74.8 cm³/mol. The summed E-state index contributed by atoms with van der Waals surface area (Å²) in [5.74, 6) is 0. The minimum atomic E-state index is 0.294. The van der Waals surface area contributed by atoms with E-state index in [1.807, 2.05) is 0 Å². The van der Waals surface area contributed by atoms with Gasteiger partial charge in [-0.05, 0) is 31.1 Å². The minimum Gasteiger partial charge on any atom is -0.173 e. The molecule has 0 fully saturated rings. The van der Waals surface area contributed by atoms with Crippen LogP contribution in [0.25, 0.3) is 0 Å². The van der Waals surface area contributed by atoms with E-state index in [9.17, 15) is 0 Å². The lowest BCUT2D eigenvalue weighted by atomic mass is 9.79. The van der Waals surface area contributed by atoms with Crippen molar-refractivity contribution in [2.24, 2.45) is 5.41 Å². The average Bonchev–Trinajstić information content (AvgIpc) is 2.28. The first-order valence-electron chi connectivity index (χ1n) is 6.67. The van der Waals surface area contributed by atoms with E-state index in [1.54, 1.807) is 0 Å². The molecule has 0 bridgehead atoms. The second kappa shape index (κ2) is 6.83. The van der Waals surface area contributed by atoms with Crippen molar-refractivity contribution < 1.29 is 0 Å². The molecular weight excluding hydrogens is 200 g/mol. The first kappa shape index (κ1) is 15.3. The summed E-state index contributed by atoms with van der Waals surface area (Å²) in [6.45, 7) is 11.6. The van der Waals surface area contributed by atoms with Crippen molar-refractivity contribution in [1.29, 1.82) is 0 Å². The van der Waals surface area contributed by atoms with Crippen LogP contribution >= 0.6 is 12.6 Å². The van der Waals surface area contributed by atoms with Crippen LogP contribution in [-0.2, 0) is 0 Å². The zero-order chi connectivity index (χ0) is 11.9. The Balaban J connectivity index is 3.96. The first-order valence-corrected chi connectivity index (χ1v) is 7.12. The van der Waals surface area contributed by atoms with Gasteiger partial charge in [0.1, 0.15) is 0 Å². The van der Waals surface area contributed by atoms with Gasteiger partial charge in [-0.15, -0.1) is 0 Å². The van der Waals surface area contributed by atoms with E-state index in [1.165, 1.54) is 44.9 Å². The summed E-state index contributed by atoms with van der Waals surface area (Å²) in [4.78, 5) is 0. The van der Waals surface area contributed by atoms with E-state index >= 15 is 0 Å². The van der Waals surface area contributed by atoms with Gasteiger partial charge in [-0.1, -0.05) is 53.9 Å². The van der Waals surface area contributed by atoms with E-state index in [-0.39, 0.29) is 0 Å². The topological polar surface area (TPSA) is 0 Å². The van der Waals surface area contributed by atoms with Gasteiger partial charge in [-0.2, -0.15) is 12.6 Å². The van der Waals surface area contributed by atoms with Crippen molar-refractivity contribution in [2.75, 3.05) is 0 Å². The Hall–Kier alpha value is 0.350. The monoisotopic (exact) mass is 230 g/mol. The van der Waals surface area contributed by atoms with Crippen LogP contribution in [0, 0.1) is 5.41 Å². The Morgan fingerprint density at radius 3 is 1.60 bits per heavy atom. The van der Waals surface area contributed by atoms with Crippen LogP contribution in [0.1, 0.15) is 79.6 Å². The van der Waals surface area contributed by atoms with Gasteiger partial charge >= 0.3 is 0 Å². The molecule has 0 aromatic heterocycles. The highest BCUT2D eigenvalue weighted by molar-refractivity contribution is 7.81. The van der Waals surface area contributed by atoms with Gasteiger partial charge in [0, 0.05) is 4.75 Å². The van der Waals surface area contributed by atoms with Gasteiger partial charge < -0.3 is 0 Å². The fourth-order valence-corrected chi connectivity index (χ4v) is 2.21. The van der Waals surface area contributed by atoms with Gasteiger partial charge in [0.2, 0.25) is 0 Å². The molecule has 0 nitrogen and oxygen atoms in total. The van der Waals surface area contributed by atoms with E-state index in [0.29, 0.717) is 10.2 Å². The maximum Gasteiger partial charge on any atom is 0.0124 e. The summed E-state index contributed by atoms with van der Waals surface area (Å²) in [5.41, 5.74) is 0.566.